The van der Waals surface area contributed by atoms with Crippen LogP contribution in [0.1, 0.15) is 12.5 Å². The van der Waals surface area contributed by atoms with Crippen molar-refractivity contribution in [3.8, 4) is 0 Å². The molecule has 0 aromatic heterocycles. The predicted molar refractivity (Wildman–Crippen MR) is 116 cm³/mol. The Morgan fingerprint density at radius 3 is 2.43 bits per heavy atom. The van der Waals surface area contributed by atoms with Crippen LogP contribution in [0.25, 0.3) is 10.8 Å². The van der Waals surface area contributed by atoms with E-state index in [4.69, 9.17) is 4.84 Å². The van der Waals surface area contributed by atoms with E-state index in [9.17, 15) is 4.79 Å². The van der Waals surface area contributed by atoms with Crippen LogP contribution in [0, 0.1) is 0 Å². The topological polar surface area (TPSA) is 45.1 Å². The molecule has 0 heterocycles. The summed E-state index contributed by atoms with van der Waals surface area (Å²) < 4.78 is 0. The van der Waals surface area contributed by atoms with Crippen LogP contribution in [0.3, 0.4) is 0 Å². The normalized spacial score (nSPS) is 11.0. The van der Waals surface area contributed by atoms with E-state index in [0.29, 0.717) is 6.54 Å². The largest absolute Gasteiger partial charge is 0.386 e. The first-order chi connectivity index (χ1) is 13.6. The molecule has 0 aliphatic rings. The number of anilines is 2. The third kappa shape index (κ3) is 4.49. The molecule has 0 aliphatic heterocycles. The van der Waals surface area contributed by atoms with Gasteiger partial charge in [-0.1, -0.05) is 53.7 Å². The number of oxime groups is 1. The molecule has 0 saturated carbocycles. The highest BCUT2D eigenvalue weighted by Gasteiger charge is 2.16. The molecule has 5 nitrogen and oxygen atoms in total. The number of fused-ring (bicyclic) bond motifs is 1. The fourth-order valence-corrected chi connectivity index (χ4v) is 3.05. The minimum absolute atomic E-state index is 0.108. The van der Waals surface area contributed by atoms with Crippen molar-refractivity contribution in [2.45, 2.75) is 6.92 Å². The van der Waals surface area contributed by atoms with Gasteiger partial charge in [-0.15, -0.1) is 0 Å². The molecule has 0 saturated heterocycles. The fraction of sp³-hybridized carbons (Fsp3) is 0.217. The molecule has 0 aliphatic carbocycles. The zero-order valence-electron chi connectivity index (χ0n) is 16.5. The molecule has 144 valence electrons. The lowest BCUT2D eigenvalue weighted by Crippen LogP contribution is -2.33. The van der Waals surface area contributed by atoms with Gasteiger partial charge in [0.2, 0.25) is 0 Å². The molecule has 0 bridgehead atoms. The van der Waals surface area contributed by atoms with Gasteiger partial charge in [-0.2, -0.15) is 0 Å². The molecule has 0 atom stereocenters. The molecular weight excluding hydrogens is 350 g/mol. The summed E-state index contributed by atoms with van der Waals surface area (Å²) >= 11 is 0. The fourth-order valence-electron chi connectivity index (χ4n) is 3.05. The van der Waals surface area contributed by atoms with E-state index in [0.717, 1.165) is 27.7 Å². The highest BCUT2D eigenvalue weighted by atomic mass is 16.6. The lowest BCUT2D eigenvalue weighted by molar-refractivity contribution is -0.123. The summed E-state index contributed by atoms with van der Waals surface area (Å²) in [7, 11) is 3.99. The van der Waals surface area contributed by atoms with Gasteiger partial charge in [0.1, 0.15) is 0 Å². The second-order valence-electron chi connectivity index (χ2n) is 6.63. The minimum atomic E-state index is -0.126. The van der Waals surface area contributed by atoms with Crippen molar-refractivity contribution in [3.05, 3.63) is 72.3 Å². The first kappa shape index (κ1) is 19.4. The van der Waals surface area contributed by atoms with Crippen molar-refractivity contribution in [2.75, 3.05) is 37.0 Å². The number of benzene rings is 3. The number of hydrogen-bond acceptors (Lipinski definition) is 4. The number of rotatable bonds is 7. The number of likely N-dealkylation sites (N-methyl/N-ethyl adjacent to an activating group) is 1. The van der Waals surface area contributed by atoms with Crippen LogP contribution < -0.4 is 9.80 Å². The summed E-state index contributed by atoms with van der Waals surface area (Å²) in [5.74, 6) is -0.126. The third-order valence-corrected chi connectivity index (χ3v) is 4.55. The first-order valence-corrected chi connectivity index (χ1v) is 9.31. The van der Waals surface area contributed by atoms with Gasteiger partial charge in [0.15, 0.2) is 6.61 Å². The van der Waals surface area contributed by atoms with E-state index in [1.165, 1.54) is 0 Å². The van der Waals surface area contributed by atoms with E-state index in [-0.39, 0.29) is 12.5 Å². The van der Waals surface area contributed by atoms with E-state index >= 15 is 0 Å². The van der Waals surface area contributed by atoms with Crippen LogP contribution in [0.4, 0.5) is 11.4 Å². The Hall–Kier alpha value is -3.34. The Kier molecular flexibility index (Phi) is 6.27. The van der Waals surface area contributed by atoms with E-state index in [1.54, 1.807) is 11.1 Å². The van der Waals surface area contributed by atoms with Gasteiger partial charge in [0, 0.05) is 31.7 Å². The van der Waals surface area contributed by atoms with E-state index in [2.05, 4.69) is 5.16 Å². The van der Waals surface area contributed by atoms with Crippen LogP contribution in [0.2, 0.25) is 0 Å². The molecule has 1 amide bonds. The van der Waals surface area contributed by atoms with E-state index < -0.39 is 0 Å². The van der Waals surface area contributed by atoms with Crippen molar-refractivity contribution < 1.29 is 9.63 Å². The van der Waals surface area contributed by atoms with Gasteiger partial charge in [0.25, 0.3) is 5.91 Å². The van der Waals surface area contributed by atoms with Crippen LogP contribution in [-0.4, -0.2) is 39.4 Å². The average molecular weight is 375 g/mol. The average Bonchev–Trinajstić information content (AvgIpc) is 2.72. The number of carbonyl (C=O) groups excluding carboxylic acids is 1. The molecule has 0 unspecified atom stereocenters. The van der Waals surface area contributed by atoms with Crippen molar-refractivity contribution in [1.82, 2.24) is 0 Å². The molecule has 0 fully saturated rings. The lowest BCUT2D eigenvalue weighted by Gasteiger charge is -2.22. The summed E-state index contributed by atoms with van der Waals surface area (Å²) in [4.78, 5) is 21.7. The van der Waals surface area contributed by atoms with Crippen molar-refractivity contribution in [2.24, 2.45) is 5.16 Å². The number of amides is 1. The number of carbonyl (C=O) groups is 1. The lowest BCUT2D eigenvalue weighted by atomic mass is 10.1. The standard InChI is InChI=1S/C23H25N3O2/c1-4-26(22-11-7-9-19-8-5-6-10-21(19)22)23(27)17-28-24-16-18-12-14-20(15-13-18)25(2)3/h5-16H,4,17H2,1-3H3. The maximum atomic E-state index is 12.7. The van der Waals surface area contributed by atoms with Crippen LogP contribution in [0.5, 0.6) is 0 Å². The highest BCUT2D eigenvalue weighted by Crippen LogP contribution is 2.26. The molecule has 0 spiro atoms. The first-order valence-electron chi connectivity index (χ1n) is 9.31. The quantitative estimate of drug-likeness (QED) is 0.457. The zero-order valence-corrected chi connectivity index (χ0v) is 16.5. The van der Waals surface area contributed by atoms with Crippen molar-refractivity contribution >= 4 is 34.3 Å². The summed E-state index contributed by atoms with van der Waals surface area (Å²) in [6.45, 7) is 2.41. The minimum Gasteiger partial charge on any atom is -0.386 e. The zero-order chi connectivity index (χ0) is 19.9. The summed E-state index contributed by atoms with van der Waals surface area (Å²) in [6.07, 6.45) is 1.61. The third-order valence-electron chi connectivity index (χ3n) is 4.55. The molecule has 0 radical (unpaired) electrons. The molecule has 3 rings (SSSR count). The molecule has 0 N–H and O–H groups in total. The van der Waals surface area contributed by atoms with E-state index in [1.807, 2.05) is 92.6 Å². The van der Waals surface area contributed by atoms with Gasteiger partial charge >= 0.3 is 0 Å². The monoisotopic (exact) mass is 375 g/mol. The Balaban J connectivity index is 1.64. The second-order valence-corrected chi connectivity index (χ2v) is 6.63. The molecule has 3 aromatic carbocycles. The van der Waals surface area contributed by atoms with Gasteiger partial charge in [-0.25, -0.2) is 0 Å². The van der Waals surface area contributed by atoms with Gasteiger partial charge in [-0.3, -0.25) is 4.79 Å². The number of nitrogens with zero attached hydrogens (tertiary/aromatic N) is 3. The number of hydrogen-bond donors (Lipinski definition) is 0. The smallest absolute Gasteiger partial charge is 0.267 e. The maximum absolute atomic E-state index is 12.7. The van der Waals surface area contributed by atoms with Gasteiger partial charge in [0.05, 0.1) is 11.9 Å². The molecule has 5 heteroatoms. The van der Waals surface area contributed by atoms with Crippen molar-refractivity contribution in [1.29, 1.82) is 0 Å². The maximum Gasteiger partial charge on any atom is 0.267 e. The molecule has 3 aromatic rings. The SMILES string of the molecule is CCN(C(=O)CON=Cc1ccc(N(C)C)cc1)c1cccc2ccccc12. The van der Waals surface area contributed by atoms with Crippen LogP contribution in [0.15, 0.2) is 71.9 Å². The Bertz CT molecular complexity index is 960. The van der Waals surface area contributed by atoms with Gasteiger partial charge in [-0.05, 0) is 36.1 Å². The van der Waals surface area contributed by atoms with Crippen LogP contribution >= 0.6 is 0 Å². The van der Waals surface area contributed by atoms with Crippen molar-refractivity contribution in [3.63, 3.8) is 0 Å². The van der Waals surface area contributed by atoms with Crippen LogP contribution in [-0.2, 0) is 9.63 Å². The molecular formula is C23H25N3O2. The summed E-state index contributed by atoms with van der Waals surface area (Å²) in [5.41, 5.74) is 2.92. The van der Waals surface area contributed by atoms with Gasteiger partial charge < -0.3 is 14.6 Å². The summed E-state index contributed by atoms with van der Waals surface area (Å²) in [5, 5.41) is 6.09. The Morgan fingerprint density at radius 2 is 1.71 bits per heavy atom. The summed E-state index contributed by atoms with van der Waals surface area (Å²) in [6, 6.07) is 21.9. The highest BCUT2D eigenvalue weighted by molar-refractivity contribution is 6.04. The second kappa shape index (κ2) is 9.04. The molecule has 28 heavy (non-hydrogen) atoms. The predicted octanol–water partition coefficient (Wildman–Crippen LogP) is 4.31. The Morgan fingerprint density at radius 1 is 1.00 bits per heavy atom. The Labute approximate surface area is 165 Å².